The first-order chi connectivity index (χ1) is 11.3. The highest BCUT2D eigenvalue weighted by atomic mass is 32.2. The molecule has 1 fully saturated rings. The third kappa shape index (κ3) is 2.93. The topological polar surface area (TPSA) is 91.7 Å². The van der Waals surface area contributed by atoms with Crippen LogP contribution in [0.3, 0.4) is 0 Å². The second kappa shape index (κ2) is 6.22. The summed E-state index contributed by atoms with van der Waals surface area (Å²) < 4.78 is 24.2. The van der Waals surface area contributed by atoms with Gasteiger partial charge in [-0.25, -0.2) is 8.42 Å². The van der Waals surface area contributed by atoms with E-state index < -0.39 is 27.0 Å². The number of hydrogen-bond acceptors (Lipinski definition) is 5. The number of thiophene rings is 1. The highest BCUT2D eigenvalue weighted by Gasteiger charge is 2.49. The summed E-state index contributed by atoms with van der Waals surface area (Å²) in [6.45, 7) is 0. The van der Waals surface area contributed by atoms with Crippen molar-refractivity contribution in [1.29, 1.82) is 0 Å². The van der Waals surface area contributed by atoms with Crippen LogP contribution in [0.1, 0.15) is 30.6 Å². The maximum atomic E-state index is 12.7. The molecule has 1 aliphatic rings. The van der Waals surface area contributed by atoms with Gasteiger partial charge in [0.2, 0.25) is 0 Å². The first kappa shape index (κ1) is 17.0. The normalized spacial score (nSPS) is 23.0. The average molecular weight is 366 g/mol. The standard InChI is InChI=1S/C17H18O5S2/c18-13-5-3-12(4-6-13)14-7-8-15(23-14)17(11-16(19)20)9-1-2-10-24(17,21)22/h3-8,18H,1-2,9-11H2,(H,19,20)/t17-/m0/s1. The first-order valence-electron chi connectivity index (χ1n) is 7.68. The number of aromatic hydroxyl groups is 1. The van der Waals surface area contributed by atoms with Gasteiger partial charge in [0, 0.05) is 9.75 Å². The summed E-state index contributed by atoms with van der Waals surface area (Å²) in [7, 11) is -3.52. The van der Waals surface area contributed by atoms with Gasteiger partial charge in [0.15, 0.2) is 9.84 Å². The zero-order valence-electron chi connectivity index (χ0n) is 12.9. The third-order valence-electron chi connectivity index (χ3n) is 4.48. The van der Waals surface area contributed by atoms with Crippen molar-refractivity contribution >= 4 is 27.1 Å². The first-order valence-corrected chi connectivity index (χ1v) is 10.1. The number of aliphatic carboxylic acids is 1. The van der Waals surface area contributed by atoms with Crippen LogP contribution in [0.2, 0.25) is 0 Å². The lowest BCUT2D eigenvalue weighted by Gasteiger charge is -2.34. The number of carboxylic acids is 1. The Morgan fingerprint density at radius 1 is 1.12 bits per heavy atom. The fourth-order valence-corrected chi connectivity index (χ4v) is 7.00. The van der Waals surface area contributed by atoms with Gasteiger partial charge in [0.25, 0.3) is 0 Å². The van der Waals surface area contributed by atoms with Gasteiger partial charge in [-0.3, -0.25) is 4.79 Å². The van der Waals surface area contributed by atoms with E-state index in [-0.39, 0.29) is 11.5 Å². The molecule has 0 radical (unpaired) electrons. The monoisotopic (exact) mass is 366 g/mol. The molecule has 5 nitrogen and oxygen atoms in total. The van der Waals surface area contributed by atoms with Crippen molar-refractivity contribution in [3.05, 3.63) is 41.3 Å². The number of phenolic OH excluding ortho intramolecular Hbond substituents is 1. The maximum absolute atomic E-state index is 12.7. The molecule has 3 rings (SSSR count). The van der Waals surface area contributed by atoms with Crippen molar-refractivity contribution in [1.82, 2.24) is 0 Å². The molecule has 1 aromatic carbocycles. The van der Waals surface area contributed by atoms with E-state index in [1.807, 2.05) is 6.07 Å². The summed E-state index contributed by atoms with van der Waals surface area (Å²) in [6, 6.07) is 10.2. The molecule has 2 N–H and O–H groups in total. The Hall–Kier alpha value is -1.86. The van der Waals surface area contributed by atoms with E-state index in [1.54, 1.807) is 30.3 Å². The van der Waals surface area contributed by atoms with Crippen LogP contribution >= 0.6 is 11.3 Å². The van der Waals surface area contributed by atoms with E-state index in [2.05, 4.69) is 0 Å². The van der Waals surface area contributed by atoms with Gasteiger partial charge in [-0.1, -0.05) is 6.42 Å². The number of carboxylic acid groups (broad SMARTS) is 1. The second-order valence-corrected chi connectivity index (χ2v) is 9.55. The molecular formula is C17H18O5S2. The molecule has 24 heavy (non-hydrogen) atoms. The highest BCUT2D eigenvalue weighted by Crippen LogP contribution is 2.47. The zero-order chi connectivity index (χ0) is 17.4. The number of hydrogen-bond donors (Lipinski definition) is 2. The van der Waals surface area contributed by atoms with E-state index in [9.17, 15) is 23.4 Å². The molecule has 0 unspecified atom stereocenters. The summed E-state index contributed by atoms with van der Waals surface area (Å²) in [5, 5.41) is 18.7. The van der Waals surface area contributed by atoms with E-state index in [4.69, 9.17) is 0 Å². The quantitative estimate of drug-likeness (QED) is 0.865. The molecule has 1 atom stereocenters. The molecule has 0 aliphatic carbocycles. The molecule has 0 saturated carbocycles. The van der Waals surface area contributed by atoms with E-state index in [0.717, 1.165) is 10.4 Å². The fraction of sp³-hybridized carbons (Fsp3) is 0.353. The molecule has 1 saturated heterocycles. The Bertz CT molecular complexity index is 851. The number of benzene rings is 1. The molecule has 0 amide bonds. The molecule has 1 aliphatic heterocycles. The molecule has 2 aromatic rings. The Kier molecular flexibility index (Phi) is 4.40. The summed E-state index contributed by atoms with van der Waals surface area (Å²) >= 11 is 1.32. The van der Waals surface area contributed by atoms with Crippen LogP contribution < -0.4 is 0 Å². The zero-order valence-corrected chi connectivity index (χ0v) is 14.6. The van der Waals surface area contributed by atoms with E-state index in [0.29, 0.717) is 24.1 Å². The summed E-state index contributed by atoms with van der Waals surface area (Å²) in [4.78, 5) is 12.8. The second-order valence-electron chi connectivity index (χ2n) is 6.05. The van der Waals surface area contributed by atoms with E-state index >= 15 is 0 Å². The number of sulfone groups is 1. The highest BCUT2D eigenvalue weighted by molar-refractivity contribution is 7.92. The smallest absolute Gasteiger partial charge is 0.305 e. The number of carbonyl (C=O) groups is 1. The number of rotatable bonds is 4. The van der Waals surface area contributed by atoms with Gasteiger partial charge in [-0.15, -0.1) is 11.3 Å². The molecule has 1 aromatic heterocycles. The van der Waals surface area contributed by atoms with Gasteiger partial charge < -0.3 is 10.2 Å². The van der Waals surface area contributed by atoms with E-state index in [1.165, 1.54) is 11.3 Å². The number of phenols is 1. The van der Waals surface area contributed by atoms with Crippen molar-refractivity contribution in [3.8, 4) is 16.2 Å². The fourth-order valence-electron chi connectivity index (χ4n) is 3.22. The van der Waals surface area contributed by atoms with Crippen molar-refractivity contribution in [2.45, 2.75) is 30.4 Å². The van der Waals surface area contributed by atoms with Crippen LogP contribution in [0, 0.1) is 0 Å². The van der Waals surface area contributed by atoms with Crippen LogP contribution in [-0.4, -0.2) is 30.4 Å². The lowest BCUT2D eigenvalue weighted by Crippen LogP contribution is -2.41. The lowest BCUT2D eigenvalue weighted by molar-refractivity contribution is -0.137. The van der Waals surface area contributed by atoms with Gasteiger partial charge in [-0.2, -0.15) is 0 Å². The third-order valence-corrected chi connectivity index (χ3v) is 8.54. The Morgan fingerprint density at radius 2 is 1.83 bits per heavy atom. The van der Waals surface area contributed by atoms with Gasteiger partial charge >= 0.3 is 5.97 Å². The van der Waals surface area contributed by atoms with Crippen LogP contribution in [0.4, 0.5) is 0 Å². The minimum Gasteiger partial charge on any atom is -0.508 e. The SMILES string of the molecule is O=C(O)C[C@]1(c2ccc(-c3ccc(O)cc3)s2)CCCCS1(=O)=O. The van der Waals surface area contributed by atoms with Crippen LogP contribution in [0.25, 0.3) is 10.4 Å². The minimum absolute atomic E-state index is 0.0344. The predicted molar refractivity (Wildman–Crippen MR) is 93.0 cm³/mol. The van der Waals surface area contributed by atoms with Crippen molar-refractivity contribution in [2.75, 3.05) is 5.75 Å². The summed E-state index contributed by atoms with van der Waals surface area (Å²) in [5.74, 6) is -0.903. The van der Waals surface area contributed by atoms with Crippen LogP contribution in [0.15, 0.2) is 36.4 Å². The molecule has 2 heterocycles. The molecule has 0 spiro atoms. The minimum atomic E-state index is -3.52. The molecular weight excluding hydrogens is 348 g/mol. The van der Waals surface area contributed by atoms with Gasteiger partial charge in [0.1, 0.15) is 10.5 Å². The summed E-state index contributed by atoms with van der Waals surface area (Å²) in [6.07, 6.45) is 1.24. The largest absolute Gasteiger partial charge is 0.508 e. The lowest BCUT2D eigenvalue weighted by atomic mass is 9.95. The predicted octanol–water partition coefficient (Wildman–Crippen LogP) is 3.39. The molecule has 0 bridgehead atoms. The Morgan fingerprint density at radius 3 is 2.46 bits per heavy atom. The van der Waals surface area contributed by atoms with Crippen LogP contribution in [-0.2, 0) is 19.4 Å². The maximum Gasteiger partial charge on any atom is 0.305 e. The van der Waals surface area contributed by atoms with Gasteiger partial charge in [-0.05, 0) is 54.8 Å². The average Bonchev–Trinajstić information content (AvgIpc) is 3.00. The summed E-state index contributed by atoms with van der Waals surface area (Å²) in [5.41, 5.74) is 0.864. The Balaban J connectivity index is 2.06. The molecule has 7 heteroatoms. The Labute approximate surface area is 144 Å². The van der Waals surface area contributed by atoms with Crippen LogP contribution in [0.5, 0.6) is 5.75 Å². The van der Waals surface area contributed by atoms with Crippen molar-refractivity contribution in [3.63, 3.8) is 0 Å². The van der Waals surface area contributed by atoms with Crippen molar-refractivity contribution in [2.24, 2.45) is 0 Å². The van der Waals surface area contributed by atoms with Gasteiger partial charge in [0.05, 0.1) is 12.2 Å². The molecule has 128 valence electrons. The van der Waals surface area contributed by atoms with Crippen molar-refractivity contribution < 1.29 is 23.4 Å².